The van der Waals surface area contributed by atoms with Crippen molar-refractivity contribution in [3.05, 3.63) is 23.8 Å². The summed E-state index contributed by atoms with van der Waals surface area (Å²) in [5.41, 5.74) is -0.490. The number of carbonyl (C=O) groups excluding carboxylic acids is 2. The number of ether oxygens (including phenoxy) is 1. The van der Waals surface area contributed by atoms with E-state index < -0.39 is 11.0 Å². The molecular weight excluding hydrogens is 304 g/mol. The second-order valence-electron chi connectivity index (χ2n) is 8.66. The van der Waals surface area contributed by atoms with Gasteiger partial charge in [0.25, 0.3) is 0 Å². The molecule has 1 N–H and O–H groups in total. The van der Waals surface area contributed by atoms with Crippen LogP contribution in [-0.4, -0.2) is 29.1 Å². The maximum atomic E-state index is 12.8. The summed E-state index contributed by atoms with van der Waals surface area (Å²) < 4.78 is 5.76. The largest absolute Gasteiger partial charge is 0.449 e. The summed E-state index contributed by atoms with van der Waals surface area (Å²) in [6, 6.07) is 0. The maximum absolute atomic E-state index is 12.8. The van der Waals surface area contributed by atoms with Crippen LogP contribution in [0.15, 0.2) is 23.8 Å². The molecule has 0 radical (unpaired) electrons. The fourth-order valence-corrected chi connectivity index (χ4v) is 5.31. The Morgan fingerprint density at radius 3 is 2.62 bits per heavy atom. The molecule has 1 saturated heterocycles. The molecule has 0 aromatic carbocycles. The molecule has 0 bridgehead atoms. The van der Waals surface area contributed by atoms with E-state index in [1.807, 2.05) is 13.0 Å². The summed E-state index contributed by atoms with van der Waals surface area (Å²) in [4.78, 5) is 24.9. The van der Waals surface area contributed by atoms with Gasteiger partial charge in [0.05, 0.1) is 13.0 Å². The van der Waals surface area contributed by atoms with E-state index in [9.17, 15) is 14.7 Å². The molecular formula is C20H28O4. The van der Waals surface area contributed by atoms with Gasteiger partial charge in [0.1, 0.15) is 0 Å². The summed E-state index contributed by atoms with van der Waals surface area (Å²) in [6.07, 6.45) is 4.32. The number of esters is 1. The molecule has 0 spiro atoms. The minimum atomic E-state index is -1.06. The normalized spacial score (nSPS) is 41.6. The first-order valence-electron chi connectivity index (χ1n) is 8.87. The zero-order valence-electron chi connectivity index (χ0n) is 15.1. The molecule has 0 amide bonds. The molecule has 0 aromatic rings. The van der Waals surface area contributed by atoms with Crippen LogP contribution >= 0.6 is 0 Å². The van der Waals surface area contributed by atoms with Gasteiger partial charge in [-0.2, -0.15) is 0 Å². The third-order valence-corrected chi connectivity index (χ3v) is 6.91. The number of rotatable bonds is 3. The van der Waals surface area contributed by atoms with Crippen LogP contribution in [0.2, 0.25) is 0 Å². The standard InChI is InChI=1S/C20H28O4/c1-12(2)14-8-16(22)15-9-20(13(3)11-21)18(4,10-17(23)24-20)6-7-19(14,15)5/h9,12,14,21H,3,6-8,10-11H2,1-2,4-5H3. The number of aliphatic hydroxyl groups is 1. The van der Waals surface area contributed by atoms with Crippen molar-refractivity contribution >= 4 is 11.8 Å². The van der Waals surface area contributed by atoms with Crippen molar-refractivity contribution in [1.82, 2.24) is 0 Å². The van der Waals surface area contributed by atoms with Crippen LogP contribution in [0.1, 0.15) is 53.4 Å². The summed E-state index contributed by atoms with van der Waals surface area (Å²) in [5, 5.41) is 9.73. The zero-order chi connectivity index (χ0) is 17.9. The highest BCUT2D eigenvalue weighted by Crippen LogP contribution is 2.61. The second kappa shape index (κ2) is 5.29. The quantitative estimate of drug-likeness (QED) is 0.637. The van der Waals surface area contributed by atoms with Crippen molar-refractivity contribution in [2.24, 2.45) is 22.7 Å². The molecule has 4 heteroatoms. The lowest BCUT2D eigenvalue weighted by Crippen LogP contribution is -2.44. The van der Waals surface area contributed by atoms with E-state index in [0.29, 0.717) is 30.3 Å². The molecule has 24 heavy (non-hydrogen) atoms. The minimum Gasteiger partial charge on any atom is -0.449 e. The number of Topliss-reactive ketones (excluding diaryl/α,β-unsaturated/α-hetero) is 1. The van der Waals surface area contributed by atoms with Gasteiger partial charge < -0.3 is 9.84 Å². The molecule has 4 nitrogen and oxygen atoms in total. The number of aliphatic hydroxyl groups excluding tert-OH is 1. The first-order chi connectivity index (χ1) is 11.1. The van der Waals surface area contributed by atoms with Gasteiger partial charge in [0.2, 0.25) is 0 Å². The molecule has 1 aliphatic heterocycles. The first-order valence-corrected chi connectivity index (χ1v) is 8.87. The molecule has 1 heterocycles. The second-order valence-corrected chi connectivity index (χ2v) is 8.66. The average Bonchev–Trinajstić information content (AvgIpc) is 2.87. The molecule has 3 rings (SSSR count). The summed E-state index contributed by atoms with van der Waals surface area (Å²) in [5.74, 6) is 0.580. The topological polar surface area (TPSA) is 63.6 Å². The van der Waals surface area contributed by atoms with Crippen molar-refractivity contribution in [3.8, 4) is 0 Å². The third-order valence-electron chi connectivity index (χ3n) is 6.91. The predicted molar refractivity (Wildman–Crippen MR) is 91.1 cm³/mol. The van der Waals surface area contributed by atoms with E-state index in [4.69, 9.17) is 4.74 Å². The van der Waals surface area contributed by atoms with Gasteiger partial charge in [-0.1, -0.05) is 34.3 Å². The van der Waals surface area contributed by atoms with Crippen molar-refractivity contribution < 1.29 is 19.4 Å². The van der Waals surface area contributed by atoms with Gasteiger partial charge in [0, 0.05) is 17.4 Å². The molecule has 1 saturated carbocycles. The van der Waals surface area contributed by atoms with Gasteiger partial charge in [0.15, 0.2) is 11.4 Å². The van der Waals surface area contributed by atoms with E-state index in [1.165, 1.54) is 0 Å². The van der Waals surface area contributed by atoms with E-state index in [0.717, 1.165) is 18.4 Å². The molecule has 4 atom stereocenters. The van der Waals surface area contributed by atoms with E-state index in [2.05, 4.69) is 27.4 Å². The van der Waals surface area contributed by atoms with Gasteiger partial charge in [-0.15, -0.1) is 0 Å². The van der Waals surface area contributed by atoms with Gasteiger partial charge in [-0.05, 0) is 41.7 Å². The average molecular weight is 332 g/mol. The van der Waals surface area contributed by atoms with Gasteiger partial charge in [-0.25, -0.2) is 0 Å². The van der Waals surface area contributed by atoms with E-state index >= 15 is 0 Å². The third kappa shape index (κ3) is 2.08. The van der Waals surface area contributed by atoms with E-state index in [-0.39, 0.29) is 23.8 Å². The molecule has 2 fully saturated rings. The van der Waals surface area contributed by atoms with Crippen LogP contribution in [0.5, 0.6) is 0 Å². The molecule has 3 aliphatic rings. The number of hydrogen-bond donors (Lipinski definition) is 1. The fourth-order valence-electron chi connectivity index (χ4n) is 5.31. The molecule has 132 valence electrons. The lowest BCUT2D eigenvalue weighted by molar-refractivity contribution is -0.144. The van der Waals surface area contributed by atoms with Crippen molar-refractivity contribution in [2.45, 2.75) is 59.0 Å². The number of hydrogen-bond acceptors (Lipinski definition) is 4. The first kappa shape index (κ1) is 17.4. The summed E-state index contributed by atoms with van der Waals surface area (Å²) in [6.45, 7) is 12.3. The molecule has 2 aliphatic carbocycles. The maximum Gasteiger partial charge on any atom is 0.307 e. The zero-order valence-corrected chi connectivity index (χ0v) is 15.1. The highest BCUT2D eigenvalue weighted by atomic mass is 16.6. The monoisotopic (exact) mass is 332 g/mol. The van der Waals surface area contributed by atoms with Crippen molar-refractivity contribution in [2.75, 3.05) is 6.61 Å². The van der Waals surface area contributed by atoms with Crippen molar-refractivity contribution in [1.29, 1.82) is 0 Å². The van der Waals surface area contributed by atoms with Crippen LogP contribution in [-0.2, 0) is 14.3 Å². The van der Waals surface area contributed by atoms with Crippen LogP contribution in [0.4, 0.5) is 0 Å². The van der Waals surface area contributed by atoms with Crippen LogP contribution in [0, 0.1) is 22.7 Å². The highest BCUT2D eigenvalue weighted by Gasteiger charge is 2.62. The van der Waals surface area contributed by atoms with Gasteiger partial charge >= 0.3 is 5.97 Å². The van der Waals surface area contributed by atoms with Crippen LogP contribution in [0.25, 0.3) is 0 Å². The van der Waals surface area contributed by atoms with Crippen LogP contribution < -0.4 is 0 Å². The Kier molecular flexibility index (Phi) is 3.83. The Hall–Kier alpha value is -1.42. The SMILES string of the molecule is C=C(CO)C12C=C3C(=O)CC(C(C)C)C3(C)CCC1(C)CC(=O)O2. The Bertz CT molecular complexity index is 646. The fraction of sp³-hybridized carbons (Fsp3) is 0.700. The number of carbonyl (C=O) groups is 2. The molecule has 4 unspecified atom stereocenters. The molecule has 0 aromatic heterocycles. The van der Waals surface area contributed by atoms with E-state index in [1.54, 1.807) is 0 Å². The Balaban J connectivity index is 2.21. The van der Waals surface area contributed by atoms with Crippen molar-refractivity contribution in [3.63, 3.8) is 0 Å². The van der Waals surface area contributed by atoms with Crippen LogP contribution in [0.3, 0.4) is 0 Å². The number of ketones is 1. The van der Waals surface area contributed by atoms with Gasteiger partial charge in [-0.3, -0.25) is 9.59 Å². The predicted octanol–water partition coefficient (Wildman–Crippen LogP) is 3.20. The smallest absolute Gasteiger partial charge is 0.307 e. The highest BCUT2D eigenvalue weighted by molar-refractivity contribution is 6.00. The minimum absolute atomic E-state index is 0.147. The Morgan fingerprint density at radius 1 is 1.38 bits per heavy atom. The number of allylic oxidation sites excluding steroid dienone is 1. The lowest BCUT2D eigenvalue weighted by atomic mass is 9.65. The lowest BCUT2D eigenvalue weighted by Gasteiger charge is -2.39. The Labute approximate surface area is 144 Å². The number of fused-ring (bicyclic) bond motifs is 2. The Morgan fingerprint density at radius 2 is 2.04 bits per heavy atom. The summed E-state index contributed by atoms with van der Waals surface area (Å²) >= 11 is 0. The summed E-state index contributed by atoms with van der Waals surface area (Å²) in [7, 11) is 0.